The van der Waals surface area contributed by atoms with Crippen molar-refractivity contribution in [2.45, 2.75) is 13.3 Å². The van der Waals surface area contributed by atoms with Crippen LogP contribution in [-0.4, -0.2) is 12.5 Å². The van der Waals surface area contributed by atoms with E-state index in [0.29, 0.717) is 17.9 Å². The third kappa shape index (κ3) is 2.23. The number of rotatable bonds is 4. The van der Waals surface area contributed by atoms with Crippen molar-refractivity contribution in [3.05, 3.63) is 42.0 Å². The molecule has 0 saturated heterocycles. The fraction of sp³-hybridized carbons (Fsp3) is 0.214. The average molecular weight is 229 g/mol. The Morgan fingerprint density at radius 1 is 1.24 bits per heavy atom. The molecule has 0 aliphatic rings. The van der Waals surface area contributed by atoms with E-state index < -0.39 is 5.91 Å². The first-order valence-corrected chi connectivity index (χ1v) is 5.68. The molecule has 2 N–H and O–H groups in total. The van der Waals surface area contributed by atoms with Crippen molar-refractivity contribution in [1.29, 1.82) is 0 Å². The minimum Gasteiger partial charge on any atom is -0.493 e. The van der Waals surface area contributed by atoms with Crippen LogP contribution in [0.15, 0.2) is 36.4 Å². The lowest BCUT2D eigenvalue weighted by molar-refractivity contribution is 0.0998. The van der Waals surface area contributed by atoms with E-state index in [9.17, 15) is 4.79 Å². The van der Waals surface area contributed by atoms with Crippen LogP contribution in [-0.2, 0) is 0 Å². The summed E-state index contributed by atoms with van der Waals surface area (Å²) in [5.41, 5.74) is 5.90. The number of fused-ring (bicyclic) bond motifs is 1. The lowest BCUT2D eigenvalue weighted by Crippen LogP contribution is -2.14. The van der Waals surface area contributed by atoms with Gasteiger partial charge in [-0.15, -0.1) is 0 Å². The van der Waals surface area contributed by atoms with Gasteiger partial charge in [-0.25, -0.2) is 0 Å². The highest BCUT2D eigenvalue weighted by molar-refractivity contribution is 6.08. The molecule has 1 amide bonds. The Morgan fingerprint density at radius 2 is 2.00 bits per heavy atom. The normalized spacial score (nSPS) is 10.4. The molecule has 0 unspecified atom stereocenters. The van der Waals surface area contributed by atoms with Gasteiger partial charge in [0, 0.05) is 0 Å². The second kappa shape index (κ2) is 4.87. The predicted molar refractivity (Wildman–Crippen MR) is 68.3 cm³/mol. The van der Waals surface area contributed by atoms with Gasteiger partial charge in [0.2, 0.25) is 0 Å². The Morgan fingerprint density at radius 3 is 2.71 bits per heavy atom. The van der Waals surface area contributed by atoms with E-state index in [1.807, 2.05) is 37.3 Å². The Kier molecular flexibility index (Phi) is 3.28. The van der Waals surface area contributed by atoms with Gasteiger partial charge in [0.15, 0.2) is 0 Å². The first-order chi connectivity index (χ1) is 8.24. The number of hydrogen-bond acceptors (Lipinski definition) is 2. The van der Waals surface area contributed by atoms with Gasteiger partial charge in [-0.3, -0.25) is 4.79 Å². The maximum atomic E-state index is 11.5. The van der Waals surface area contributed by atoms with Crippen LogP contribution in [0.25, 0.3) is 10.8 Å². The molecule has 3 heteroatoms. The van der Waals surface area contributed by atoms with Gasteiger partial charge in [0.1, 0.15) is 5.75 Å². The number of ether oxygens (including phenoxy) is 1. The SMILES string of the molecule is CCCOc1ccc2ccccc2c1C(N)=O. The molecule has 0 bridgehead atoms. The molecule has 17 heavy (non-hydrogen) atoms. The Hall–Kier alpha value is -2.03. The molecule has 0 heterocycles. The van der Waals surface area contributed by atoms with Crippen molar-refractivity contribution >= 4 is 16.7 Å². The topological polar surface area (TPSA) is 52.3 Å². The van der Waals surface area contributed by atoms with Gasteiger partial charge in [0.25, 0.3) is 5.91 Å². The van der Waals surface area contributed by atoms with E-state index in [4.69, 9.17) is 10.5 Å². The number of nitrogens with two attached hydrogens (primary N) is 1. The van der Waals surface area contributed by atoms with E-state index in [1.54, 1.807) is 6.07 Å². The van der Waals surface area contributed by atoms with Crippen molar-refractivity contribution in [1.82, 2.24) is 0 Å². The highest BCUT2D eigenvalue weighted by atomic mass is 16.5. The fourth-order valence-electron chi connectivity index (χ4n) is 1.84. The molecule has 0 saturated carbocycles. The molecule has 0 aliphatic heterocycles. The summed E-state index contributed by atoms with van der Waals surface area (Å²) < 4.78 is 5.55. The smallest absolute Gasteiger partial charge is 0.253 e. The van der Waals surface area contributed by atoms with Crippen molar-refractivity contribution in [2.75, 3.05) is 6.61 Å². The molecule has 2 aromatic carbocycles. The molecule has 88 valence electrons. The van der Waals surface area contributed by atoms with Crippen molar-refractivity contribution in [2.24, 2.45) is 5.73 Å². The maximum Gasteiger partial charge on any atom is 0.253 e. The highest BCUT2D eigenvalue weighted by Gasteiger charge is 2.13. The summed E-state index contributed by atoms with van der Waals surface area (Å²) >= 11 is 0. The van der Waals surface area contributed by atoms with Crippen molar-refractivity contribution in [3.8, 4) is 5.75 Å². The molecule has 0 spiro atoms. The van der Waals surface area contributed by atoms with Gasteiger partial charge < -0.3 is 10.5 Å². The van der Waals surface area contributed by atoms with E-state index in [1.165, 1.54) is 0 Å². The largest absolute Gasteiger partial charge is 0.493 e. The summed E-state index contributed by atoms with van der Waals surface area (Å²) in [5.74, 6) is 0.117. The number of benzene rings is 2. The maximum absolute atomic E-state index is 11.5. The molecular formula is C14H15NO2. The number of hydrogen-bond donors (Lipinski definition) is 1. The molecule has 0 radical (unpaired) electrons. The van der Waals surface area contributed by atoms with Crippen LogP contribution < -0.4 is 10.5 Å². The third-order valence-electron chi connectivity index (χ3n) is 2.60. The number of carbonyl (C=O) groups excluding carboxylic acids is 1. The molecule has 0 aromatic heterocycles. The Labute approximate surface area is 100 Å². The van der Waals surface area contributed by atoms with Crippen LogP contribution in [0.4, 0.5) is 0 Å². The van der Waals surface area contributed by atoms with E-state index in [0.717, 1.165) is 17.2 Å². The van der Waals surface area contributed by atoms with Crippen LogP contribution in [0.5, 0.6) is 5.75 Å². The zero-order chi connectivity index (χ0) is 12.3. The zero-order valence-corrected chi connectivity index (χ0v) is 9.77. The molecule has 0 aliphatic carbocycles. The first kappa shape index (κ1) is 11.5. The molecule has 2 aromatic rings. The van der Waals surface area contributed by atoms with Crippen molar-refractivity contribution in [3.63, 3.8) is 0 Å². The standard InChI is InChI=1S/C14H15NO2/c1-2-9-17-12-8-7-10-5-3-4-6-11(10)13(12)14(15)16/h3-8H,2,9H2,1H3,(H2,15,16). The van der Waals surface area contributed by atoms with Crippen LogP contribution >= 0.6 is 0 Å². The molecule has 0 atom stereocenters. The van der Waals surface area contributed by atoms with Gasteiger partial charge in [0.05, 0.1) is 12.2 Å². The molecule has 0 fully saturated rings. The van der Waals surface area contributed by atoms with E-state index >= 15 is 0 Å². The molecular weight excluding hydrogens is 214 g/mol. The number of amides is 1. The summed E-state index contributed by atoms with van der Waals surface area (Å²) in [6.45, 7) is 2.60. The Bertz CT molecular complexity index is 549. The van der Waals surface area contributed by atoms with E-state index in [2.05, 4.69) is 0 Å². The van der Waals surface area contributed by atoms with Crippen LogP contribution in [0.2, 0.25) is 0 Å². The third-order valence-corrected chi connectivity index (χ3v) is 2.60. The van der Waals surface area contributed by atoms with Crippen LogP contribution in [0, 0.1) is 0 Å². The number of carbonyl (C=O) groups is 1. The summed E-state index contributed by atoms with van der Waals surface area (Å²) in [5, 5.41) is 1.83. The van der Waals surface area contributed by atoms with Gasteiger partial charge >= 0.3 is 0 Å². The Balaban J connectivity index is 2.60. The summed E-state index contributed by atoms with van der Waals surface area (Å²) in [6, 6.07) is 11.4. The second-order valence-corrected chi connectivity index (χ2v) is 3.87. The van der Waals surface area contributed by atoms with Crippen LogP contribution in [0.1, 0.15) is 23.7 Å². The summed E-state index contributed by atoms with van der Waals surface area (Å²) in [4.78, 5) is 11.5. The van der Waals surface area contributed by atoms with Crippen molar-refractivity contribution < 1.29 is 9.53 Å². The monoisotopic (exact) mass is 229 g/mol. The van der Waals surface area contributed by atoms with Gasteiger partial charge in [-0.2, -0.15) is 0 Å². The summed E-state index contributed by atoms with van der Waals surface area (Å²) in [6.07, 6.45) is 0.894. The minimum atomic E-state index is -0.451. The quantitative estimate of drug-likeness (QED) is 0.876. The first-order valence-electron chi connectivity index (χ1n) is 5.68. The second-order valence-electron chi connectivity index (χ2n) is 3.87. The fourth-order valence-corrected chi connectivity index (χ4v) is 1.84. The lowest BCUT2D eigenvalue weighted by Gasteiger charge is -2.11. The number of primary amides is 1. The van der Waals surface area contributed by atoms with Gasteiger partial charge in [-0.05, 0) is 23.3 Å². The highest BCUT2D eigenvalue weighted by Crippen LogP contribution is 2.27. The van der Waals surface area contributed by atoms with E-state index in [-0.39, 0.29) is 0 Å². The molecule has 2 rings (SSSR count). The predicted octanol–water partition coefficient (Wildman–Crippen LogP) is 2.73. The summed E-state index contributed by atoms with van der Waals surface area (Å²) in [7, 11) is 0. The molecule has 3 nitrogen and oxygen atoms in total. The van der Waals surface area contributed by atoms with Crippen LogP contribution in [0.3, 0.4) is 0 Å². The minimum absolute atomic E-state index is 0.451. The zero-order valence-electron chi connectivity index (χ0n) is 9.77. The average Bonchev–Trinajstić information content (AvgIpc) is 2.35. The lowest BCUT2D eigenvalue weighted by atomic mass is 10.0. The van der Waals surface area contributed by atoms with Gasteiger partial charge in [-0.1, -0.05) is 37.3 Å².